The van der Waals surface area contributed by atoms with E-state index in [9.17, 15) is 29.8 Å². The zero-order valence-corrected chi connectivity index (χ0v) is 18.7. The molecule has 1 heterocycles. The molecule has 0 aliphatic carbocycles. The maximum absolute atomic E-state index is 12.8. The van der Waals surface area contributed by atoms with Gasteiger partial charge in [-0.25, -0.2) is 0 Å². The molecule has 34 heavy (non-hydrogen) atoms. The van der Waals surface area contributed by atoms with E-state index >= 15 is 0 Å². The van der Waals surface area contributed by atoms with Crippen LogP contribution < -0.4 is 5.32 Å². The highest BCUT2D eigenvalue weighted by atomic mass is 32.2. The van der Waals surface area contributed by atoms with Crippen LogP contribution in [0.3, 0.4) is 0 Å². The number of nitro groups is 1. The van der Waals surface area contributed by atoms with Crippen LogP contribution in [0.4, 0.5) is 5.69 Å². The minimum absolute atomic E-state index is 0.0130. The summed E-state index contributed by atoms with van der Waals surface area (Å²) in [6, 6.07) is 16.5. The van der Waals surface area contributed by atoms with Crippen molar-refractivity contribution in [1.82, 2.24) is 5.32 Å². The molecule has 0 aromatic heterocycles. The SMILES string of the molecule is COC(=O)[C@H]1C(=O)NC(SCC(=O)OCc2ccccc2)=C(C#N)[C@H]1c1ccccc1[N+](=O)[O-]. The fraction of sp³-hybridized carbons (Fsp3) is 0.217. The number of nitrogens with one attached hydrogen (secondary N) is 1. The number of hydrogen-bond donors (Lipinski definition) is 1. The predicted molar refractivity (Wildman–Crippen MR) is 121 cm³/mol. The molecule has 2 aromatic carbocycles. The summed E-state index contributed by atoms with van der Waals surface area (Å²) in [7, 11) is 1.08. The molecule has 3 rings (SSSR count). The van der Waals surface area contributed by atoms with Gasteiger partial charge in [-0.2, -0.15) is 5.26 Å². The van der Waals surface area contributed by atoms with Crippen LogP contribution in [0.1, 0.15) is 17.0 Å². The fourth-order valence-corrected chi connectivity index (χ4v) is 4.33. The van der Waals surface area contributed by atoms with E-state index in [1.807, 2.05) is 12.1 Å². The second-order valence-electron chi connectivity index (χ2n) is 7.07. The first kappa shape index (κ1) is 24.5. The standard InChI is InChI=1S/C23H19N3O7S/c1-32-23(29)20-19(15-9-5-6-10-17(15)26(30)31)16(11-24)22(25-21(20)28)34-13-18(27)33-12-14-7-3-2-4-8-14/h2-10,19-20H,12-13H2,1H3,(H,25,28)/t19-,20-/m1/s1. The minimum atomic E-state index is -1.52. The van der Waals surface area contributed by atoms with E-state index in [0.717, 1.165) is 24.4 Å². The molecule has 0 bridgehead atoms. The number of nitro benzene ring substituents is 1. The van der Waals surface area contributed by atoms with Crippen LogP contribution in [0, 0.1) is 27.4 Å². The highest BCUT2D eigenvalue weighted by Crippen LogP contribution is 2.43. The first-order valence-corrected chi connectivity index (χ1v) is 10.9. The van der Waals surface area contributed by atoms with E-state index in [1.54, 1.807) is 24.3 Å². The number of nitriles is 1. The molecule has 1 amide bonds. The van der Waals surface area contributed by atoms with Gasteiger partial charge < -0.3 is 14.8 Å². The third kappa shape index (κ3) is 5.41. The van der Waals surface area contributed by atoms with Gasteiger partial charge in [-0.15, -0.1) is 0 Å². The average Bonchev–Trinajstić information content (AvgIpc) is 2.85. The van der Waals surface area contributed by atoms with Crippen LogP contribution in [-0.4, -0.2) is 35.6 Å². The van der Waals surface area contributed by atoms with E-state index in [0.29, 0.717) is 0 Å². The number of esters is 2. The van der Waals surface area contributed by atoms with Crippen molar-refractivity contribution >= 4 is 35.3 Å². The molecule has 2 atom stereocenters. The lowest BCUT2D eigenvalue weighted by Gasteiger charge is -2.30. The Labute approximate surface area is 198 Å². The van der Waals surface area contributed by atoms with E-state index < -0.39 is 34.6 Å². The number of methoxy groups -OCH3 is 1. The topological polar surface area (TPSA) is 149 Å². The summed E-state index contributed by atoms with van der Waals surface area (Å²) in [4.78, 5) is 48.4. The number of nitrogens with zero attached hydrogens (tertiary/aromatic N) is 2. The molecule has 1 N–H and O–H groups in total. The van der Waals surface area contributed by atoms with E-state index in [2.05, 4.69) is 5.32 Å². The Hall–Kier alpha value is -4.17. The van der Waals surface area contributed by atoms with Crippen LogP contribution in [0.15, 0.2) is 65.2 Å². The molecule has 10 nitrogen and oxygen atoms in total. The molecule has 11 heteroatoms. The molecular formula is C23H19N3O7S. The summed E-state index contributed by atoms with van der Waals surface area (Å²) >= 11 is 0.840. The van der Waals surface area contributed by atoms with Crippen molar-refractivity contribution < 1.29 is 28.8 Å². The number of ether oxygens (including phenoxy) is 2. The van der Waals surface area contributed by atoms with Crippen molar-refractivity contribution in [3.8, 4) is 6.07 Å². The zero-order chi connectivity index (χ0) is 24.7. The number of carbonyl (C=O) groups excluding carboxylic acids is 3. The summed E-state index contributed by atoms with van der Waals surface area (Å²) in [5.74, 6) is -5.36. The normalized spacial score (nSPS) is 17.4. The quantitative estimate of drug-likeness (QED) is 0.260. The maximum atomic E-state index is 12.8. The second kappa shape index (κ2) is 11.1. The van der Waals surface area contributed by atoms with Gasteiger partial charge in [-0.3, -0.25) is 24.5 Å². The van der Waals surface area contributed by atoms with Gasteiger partial charge in [0, 0.05) is 11.6 Å². The number of benzene rings is 2. The van der Waals surface area contributed by atoms with E-state index in [1.165, 1.54) is 24.3 Å². The van der Waals surface area contributed by atoms with Crippen molar-refractivity contribution in [3.63, 3.8) is 0 Å². The molecule has 0 fully saturated rings. The Morgan fingerprint density at radius 2 is 1.85 bits per heavy atom. The lowest BCUT2D eigenvalue weighted by Crippen LogP contribution is -2.44. The van der Waals surface area contributed by atoms with Gasteiger partial charge in [0.25, 0.3) is 5.69 Å². The molecule has 0 radical (unpaired) electrons. The van der Waals surface area contributed by atoms with Gasteiger partial charge in [0.1, 0.15) is 12.5 Å². The summed E-state index contributed by atoms with van der Waals surface area (Å²) < 4.78 is 9.94. The number of para-hydroxylation sites is 1. The van der Waals surface area contributed by atoms with Crippen LogP contribution in [0.25, 0.3) is 0 Å². The fourth-order valence-electron chi connectivity index (χ4n) is 3.48. The minimum Gasteiger partial charge on any atom is -0.468 e. The molecule has 0 saturated heterocycles. The first-order chi connectivity index (χ1) is 16.4. The molecule has 174 valence electrons. The van der Waals surface area contributed by atoms with E-state index in [-0.39, 0.29) is 34.2 Å². The lowest BCUT2D eigenvalue weighted by atomic mass is 9.78. The number of amides is 1. The van der Waals surface area contributed by atoms with Gasteiger partial charge in [0.15, 0.2) is 0 Å². The number of rotatable bonds is 8. The summed E-state index contributed by atoms with van der Waals surface area (Å²) in [6.07, 6.45) is 0. The summed E-state index contributed by atoms with van der Waals surface area (Å²) in [5.41, 5.74) is 0.362. The zero-order valence-electron chi connectivity index (χ0n) is 17.9. The molecular weight excluding hydrogens is 462 g/mol. The molecule has 0 spiro atoms. The highest BCUT2D eigenvalue weighted by molar-refractivity contribution is 8.03. The third-order valence-electron chi connectivity index (χ3n) is 5.03. The van der Waals surface area contributed by atoms with Crippen molar-refractivity contribution in [3.05, 3.63) is 86.4 Å². The number of thioether (sulfide) groups is 1. The van der Waals surface area contributed by atoms with Gasteiger partial charge >= 0.3 is 11.9 Å². The Morgan fingerprint density at radius 3 is 2.50 bits per heavy atom. The number of hydrogen-bond acceptors (Lipinski definition) is 9. The molecule has 0 unspecified atom stereocenters. The Morgan fingerprint density at radius 1 is 1.18 bits per heavy atom. The molecule has 2 aromatic rings. The van der Waals surface area contributed by atoms with Crippen molar-refractivity contribution in [2.45, 2.75) is 12.5 Å². The maximum Gasteiger partial charge on any atom is 0.319 e. The summed E-state index contributed by atoms with van der Waals surface area (Å²) in [5, 5.41) is 24.0. The van der Waals surface area contributed by atoms with Gasteiger partial charge in [0.05, 0.1) is 40.4 Å². The highest BCUT2D eigenvalue weighted by Gasteiger charge is 2.46. The van der Waals surface area contributed by atoms with Gasteiger partial charge in [-0.1, -0.05) is 60.3 Å². The Bertz CT molecular complexity index is 1190. The molecule has 1 aliphatic heterocycles. The number of carbonyl (C=O) groups is 3. The van der Waals surface area contributed by atoms with Crippen LogP contribution in [0.5, 0.6) is 0 Å². The van der Waals surface area contributed by atoms with Crippen LogP contribution in [-0.2, 0) is 30.5 Å². The lowest BCUT2D eigenvalue weighted by molar-refractivity contribution is -0.385. The van der Waals surface area contributed by atoms with Gasteiger partial charge in [-0.05, 0) is 5.56 Å². The number of allylic oxidation sites excluding steroid dienone is 1. The smallest absolute Gasteiger partial charge is 0.319 e. The Balaban J connectivity index is 1.91. The predicted octanol–water partition coefficient (Wildman–Crippen LogP) is 2.81. The molecule has 0 saturated carbocycles. The van der Waals surface area contributed by atoms with Crippen molar-refractivity contribution in [2.75, 3.05) is 12.9 Å². The average molecular weight is 481 g/mol. The third-order valence-corrected chi connectivity index (χ3v) is 6.02. The molecule has 1 aliphatic rings. The van der Waals surface area contributed by atoms with E-state index in [4.69, 9.17) is 9.47 Å². The monoisotopic (exact) mass is 481 g/mol. The van der Waals surface area contributed by atoms with Crippen molar-refractivity contribution in [2.24, 2.45) is 5.92 Å². The summed E-state index contributed by atoms with van der Waals surface area (Å²) in [6.45, 7) is 0.0556. The van der Waals surface area contributed by atoms with Crippen LogP contribution in [0.2, 0.25) is 0 Å². The first-order valence-electron chi connectivity index (χ1n) is 9.96. The largest absolute Gasteiger partial charge is 0.468 e. The Kier molecular flexibility index (Phi) is 8.00. The second-order valence-corrected chi connectivity index (χ2v) is 8.06. The van der Waals surface area contributed by atoms with Crippen molar-refractivity contribution in [1.29, 1.82) is 5.26 Å². The van der Waals surface area contributed by atoms with Crippen LogP contribution >= 0.6 is 11.8 Å². The van der Waals surface area contributed by atoms with Gasteiger partial charge in [0.2, 0.25) is 5.91 Å².